The number of rotatable bonds is 6. The molecule has 1 N–H and O–H groups in total. The molecule has 0 heterocycles. The van der Waals surface area contributed by atoms with E-state index in [1.165, 1.54) is 0 Å². The van der Waals surface area contributed by atoms with Crippen molar-refractivity contribution in [2.45, 2.75) is 38.4 Å². The van der Waals surface area contributed by atoms with E-state index in [4.69, 9.17) is 27.9 Å². The topological polar surface area (TPSA) is 29.5 Å². The molecule has 0 saturated carbocycles. The fraction of sp³-hybridized carbons (Fsp3) is 0.538. The molecule has 0 aliphatic rings. The molecular formula is C13H18Cl2O2. The molecule has 17 heavy (non-hydrogen) atoms. The molecule has 0 spiro atoms. The van der Waals surface area contributed by atoms with Crippen molar-refractivity contribution in [3.05, 3.63) is 33.8 Å². The lowest BCUT2D eigenvalue weighted by atomic mass is 10.0. The van der Waals surface area contributed by atoms with Crippen molar-refractivity contribution in [3.63, 3.8) is 0 Å². The number of ether oxygens (including phenoxy) is 1. The van der Waals surface area contributed by atoms with Crippen molar-refractivity contribution in [1.82, 2.24) is 0 Å². The van der Waals surface area contributed by atoms with Crippen molar-refractivity contribution in [3.8, 4) is 0 Å². The molecule has 2 atom stereocenters. The molecule has 1 aromatic rings. The number of methoxy groups -OCH3 is 1. The Morgan fingerprint density at radius 1 is 1.35 bits per heavy atom. The van der Waals surface area contributed by atoms with Crippen LogP contribution in [0.3, 0.4) is 0 Å². The van der Waals surface area contributed by atoms with Crippen LogP contribution in [0.4, 0.5) is 0 Å². The number of aliphatic hydroxyl groups is 1. The van der Waals surface area contributed by atoms with E-state index in [1.54, 1.807) is 19.2 Å². The van der Waals surface area contributed by atoms with Crippen LogP contribution in [0.15, 0.2) is 18.2 Å². The second kappa shape index (κ2) is 7.22. The van der Waals surface area contributed by atoms with E-state index in [0.29, 0.717) is 16.5 Å². The van der Waals surface area contributed by atoms with E-state index in [-0.39, 0.29) is 6.10 Å². The fourth-order valence-electron chi connectivity index (χ4n) is 1.80. The molecule has 96 valence electrons. The maximum absolute atomic E-state index is 10.1. The predicted octanol–water partition coefficient (Wildman–Crippen LogP) is 3.71. The van der Waals surface area contributed by atoms with E-state index < -0.39 is 6.10 Å². The van der Waals surface area contributed by atoms with Crippen LogP contribution in [-0.2, 0) is 11.2 Å². The predicted molar refractivity (Wildman–Crippen MR) is 71.9 cm³/mol. The first kappa shape index (κ1) is 14.8. The molecule has 0 aliphatic carbocycles. The molecule has 2 nitrogen and oxygen atoms in total. The Morgan fingerprint density at radius 3 is 2.59 bits per heavy atom. The Labute approximate surface area is 113 Å². The fourth-order valence-corrected chi connectivity index (χ4v) is 2.28. The van der Waals surface area contributed by atoms with E-state index >= 15 is 0 Å². The van der Waals surface area contributed by atoms with E-state index in [2.05, 4.69) is 6.92 Å². The Kier molecular flexibility index (Phi) is 6.28. The van der Waals surface area contributed by atoms with E-state index in [9.17, 15) is 5.11 Å². The summed E-state index contributed by atoms with van der Waals surface area (Å²) in [4.78, 5) is 0. The monoisotopic (exact) mass is 276 g/mol. The molecular weight excluding hydrogens is 259 g/mol. The molecule has 0 aliphatic heterocycles. The highest BCUT2D eigenvalue weighted by atomic mass is 35.5. The molecule has 0 fully saturated rings. The third-order valence-corrected chi connectivity index (χ3v) is 3.34. The summed E-state index contributed by atoms with van der Waals surface area (Å²) in [7, 11) is 1.62. The highest BCUT2D eigenvalue weighted by Gasteiger charge is 2.19. The number of halogens is 2. The van der Waals surface area contributed by atoms with Crippen molar-refractivity contribution < 1.29 is 9.84 Å². The van der Waals surface area contributed by atoms with Gasteiger partial charge in [-0.1, -0.05) is 42.6 Å². The van der Waals surface area contributed by atoms with Crippen molar-refractivity contribution in [2.24, 2.45) is 0 Å². The van der Waals surface area contributed by atoms with Crippen LogP contribution in [0.2, 0.25) is 10.0 Å². The first-order chi connectivity index (χ1) is 8.08. The first-order valence-electron chi connectivity index (χ1n) is 5.73. The summed E-state index contributed by atoms with van der Waals surface area (Å²) < 4.78 is 5.27. The quantitative estimate of drug-likeness (QED) is 0.858. The highest BCUT2D eigenvalue weighted by Crippen LogP contribution is 2.23. The van der Waals surface area contributed by atoms with E-state index in [1.807, 2.05) is 6.07 Å². The van der Waals surface area contributed by atoms with Gasteiger partial charge in [-0.05, 0) is 24.1 Å². The lowest BCUT2D eigenvalue weighted by molar-refractivity contribution is -0.0159. The molecule has 1 rings (SSSR count). The normalized spacial score (nSPS) is 14.6. The number of benzene rings is 1. The van der Waals surface area contributed by atoms with Gasteiger partial charge in [0.25, 0.3) is 0 Å². The molecule has 0 radical (unpaired) electrons. The maximum Gasteiger partial charge on any atom is 0.0842 e. The summed E-state index contributed by atoms with van der Waals surface area (Å²) in [6.45, 7) is 2.06. The first-order valence-corrected chi connectivity index (χ1v) is 6.48. The van der Waals surface area contributed by atoms with Gasteiger partial charge in [0.2, 0.25) is 0 Å². The highest BCUT2D eigenvalue weighted by molar-refractivity contribution is 6.35. The number of hydrogen-bond donors (Lipinski definition) is 1. The Morgan fingerprint density at radius 2 is 2.06 bits per heavy atom. The molecule has 0 saturated heterocycles. The zero-order valence-electron chi connectivity index (χ0n) is 10.1. The minimum atomic E-state index is -0.543. The largest absolute Gasteiger partial charge is 0.390 e. The van der Waals surface area contributed by atoms with Crippen LogP contribution in [0, 0.1) is 0 Å². The van der Waals surface area contributed by atoms with Crippen molar-refractivity contribution in [1.29, 1.82) is 0 Å². The number of aliphatic hydroxyl groups excluding tert-OH is 1. The third kappa shape index (κ3) is 4.47. The molecule has 0 aromatic heterocycles. The van der Waals surface area contributed by atoms with Gasteiger partial charge in [-0.3, -0.25) is 0 Å². The second-order valence-electron chi connectivity index (χ2n) is 4.07. The summed E-state index contributed by atoms with van der Waals surface area (Å²) in [6, 6.07) is 5.30. The lowest BCUT2D eigenvalue weighted by Gasteiger charge is -2.21. The zero-order chi connectivity index (χ0) is 12.8. The van der Waals surface area contributed by atoms with Crippen LogP contribution in [0.25, 0.3) is 0 Å². The minimum Gasteiger partial charge on any atom is -0.390 e. The summed E-state index contributed by atoms with van der Waals surface area (Å²) in [6.07, 6.45) is 1.60. The van der Waals surface area contributed by atoms with E-state index in [0.717, 1.165) is 18.4 Å². The van der Waals surface area contributed by atoms with Gasteiger partial charge in [0, 0.05) is 23.6 Å². The average molecular weight is 277 g/mol. The lowest BCUT2D eigenvalue weighted by Crippen LogP contribution is -2.29. The molecule has 0 amide bonds. The van der Waals surface area contributed by atoms with Gasteiger partial charge < -0.3 is 9.84 Å². The molecule has 4 heteroatoms. The third-order valence-electron chi connectivity index (χ3n) is 2.75. The smallest absolute Gasteiger partial charge is 0.0842 e. The minimum absolute atomic E-state index is 0.147. The van der Waals surface area contributed by atoms with Gasteiger partial charge in [0.15, 0.2) is 0 Å². The van der Waals surface area contributed by atoms with Crippen molar-refractivity contribution >= 4 is 23.2 Å². The van der Waals surface area contributed by atoms with Crippen LogP contribution >= 0.6 is 23.2 Å². The SMILES string of the molecule is CCCC(OC)C(O)Cc1ccc(Cl)cc1Cl. The maximum atomic E-state index is 10.1. The van der Waals surface area contributed by atoms with Crippen LogP contribution in [0.1, 0.15) is 25.3 Å². The van der Waals surface area contributed by atoms with Gasteiger partial charge in [-0.25, -0.2) is 0 Å². The Hall–Kier alpha value is -0.280. The Bertz CT molecular complexity index is 355. The summed E-state index contributed by atoms with van der Waals surface area (Å²) >= 11 is 11.9. The standard InChI is InChI=1S/C13H18Cl2O2/c1-3-4-13(17-2)12(16)7-9-5-6-10(14)8-11(9)15/h5-6,8,12-13,16H,3-4,7H2,1-2H3. The molecule has 1 aromatic carbocycles. The van der Waals surface area contributed by atoms with Crippen LogP contribution in [-0.4, -0.2) is 24.4 Å². The molecule has 2 unspecified atom stereocenters. The van der Waals surface area contributed by atoms with Crippen LogP contribution in [0.5, 0.6) is 0 Å². The van der Waals surface area contributed by atoms with Gasteiger partial charge in [-0.15, -0.1) is 0 Å². The van der Waals surface area contributed by atoms with Gasteiger partial charge in [-0.2, -0.15) is 0 Å². The summed E-state index contributed by atoms with van der Waals surface area (Å²) in [5.74, 6) is 0. The zero-order valence-corrected chi connectivity index (χ0v) is 11.6. The van der Waals surface area contributed by atoms with Crippen LogP contribution < -0.4 is 0 Å². The van der Waals surface area contributed by atoms with Gasteiger partial charge in [0.1, 0.15) is 0 Å². The second-order valence-corrected chi connectivity index (χ2v) is 4.91. The summed E-state index contributed by atoms with van der Waals surface area (Å²) in [5.41, 5.74) is 0.890. The van der Waals surface area contributed by atoms with Crippen molar-refractivity contribution in [2.75, 3.05) is 7.11 Å². The average Bonchev–Trinajstić information content (AvgIpc) is 2.29. The summed E-state index contributed by atoms with van der Waals surface area (Å²) in [5, 5.41) is 11.3. The Balaban J connectivity index is 2.69. The number of hydrogen-bond acceptors (Lipinski definition) is 2. The van der Waals surface area contributed by atoms with Gasteiger partial charge in [0.05, 0.1) is 12.2 Å². The molecule has 0 bridgehead atoms. The van der Waals surface area contributed by atoms with Gasteiger partial charge >= 0.3 is 0 Å².